The van der Waals surface area contributed by atoms with Crippen LogP contribution in [0.15, 0.2) is 24.3 Å². The van der Waals surface area contributed by atoms with Crippen LogP contribution >= 0.6 is 11.6 Å². The Bertz CT molecular complexity index is 819. The first-order chi connectivity index (χ1) is 11.5. The lowest BCUT2D eigenvalue weighted by atomic mass is 10.1. The molecule has 5 nitrogen and oxygen atoms in total. The molecule has 24 heavy (non-hydrogen) atoms. The summed E-state index contributed by atoms with van der Waals surface area (Å²) < 4.78 is 0. The van der Waals surface area contributed by atoms with Gasteiger partial charge >= 0.3 is 0 Å². The molecule has 0 aliphatic carbocycles. The minimum absolute atomic E-state index is 0.0183. The third kappa shape index (κ3) is 2.44. The zero-order valence-electron chi connectivity index (χ0n) is 13.8. The molecule has 1 fully saturated rings. The first kappa shape index (κ1) is 15.4. The van der Waals surface area contributed by atoms with Crippen LogP contribution in [0.2, 0.25) is 5.02 Å². The quantitative estimate of drug-likeness (QED) is 0.839. The standard InChI is InChI=1S/C18H19ClN4O/c1-11-16-15(20-12(2)21-17(16)22-7-4-8-22)10-23(11)18(24)13-5-3-6-14(19)9-13/h3,5-6,9,11H,4,7-8,10H2,1-2H3/t11-/m1/s1. The van der Waals surface area contributed by atoms with Gasteiger partial charge < -0.3 is 9.80 Å². The van der Waals surface area contributed by atoms with Crippen LogP contribution in [0.3, 0.4) is 0 Å². The van der Waals surface area contributed by atoms with Gasteiger partial charge in [-0.15, -0.1) is 0 Å². The van der Waals surface area contributed by atoms with E-state index in [1.165, 1.54) is 6.42 Å². The number of carbonyl (C=O) groups is 1. The Morgan fingerprint density at radius 1 is 1.29 bits per heavy atom. The van der Waals surface area contributed by atoms with Crippen LogP contribution in [0.1, 0.15) is 46.8 Å². The topological polar surface area (TPSA) is 49.3 Å². The summed E-state index contributed by atoms with van der Waals surface area (Å²) >= 11 is 6.04. The van der Waals surface area contributed by atoms with Gasteiger partial charge in [-0.3, -0.25) is 4.79 Å². The lowest BCUT2D eigenvalue weighted by Crippen LogP contribution is -2.39. The number of hydrogen-bond acceptors (Lipinski definition) is 4. The van der Waals surface area contributed by atoms with Crippen molar-refractivity contribution >= 4 is 23.3 Å². The zero-order valence-corrected chi connectivity index (χ0v) is 14.5. The van der Waals surface area contributed by atoms with Crippen LogP contribution in [0, 0.1) is 6.92 Å². The Morgan fingerprint density at radius 2 is 2.08 bits per heavy atom. The van der Waals surface area contributed by atoms with Gasteiger partial charge in [-0.05, 0) is 38.5 Å². The highest BCUT2D eigenvalue weighted by Crippen LogP contribution is 2.40. The van der Waals surface area contributed by atoms with Crippen LogP contribution in [0.5, 0.6) is 0 Å². The van der Waals surface area contributed by atoms with E-state index in [2.05, 4.69) is 21.8 Å². The Balaban J connectivity index is 1.70. The molecule has 1 amide bonds. The third-order valence-electron chi connectivity index (χ3n) is 4.81. The van der Waals surface area contributed by atoms with Gasteiger partial charge in [-0.2, -0.15) is 0 Å². The summed E-state index contributed by atoms with van der Waals surface area (Å²) in [5.74, 6) is 1.74. The number of anilines is 1. The van der Waals surface area contributed by atoms with Gasteiger partial charge in [0, 0.05) is 29.2 Å². The number of hydrogen-bond donors (Lipinski definition) is 0. The average molecular weight is 343 g/mol. The number of benzene rings is 1. The molecule has 2 aromatic rings. The molecule has 1 saturated heterocycles. The summed E-state index contributed by atoms with van der Waals surface area (Å²) in [6, 6.07) is 7.06. The molecule has 1 atom stereocenters. The monoisotopic (exact) mass is 342 g/mol. The fourth-order valence-corrected chi connectivity index (χ4v) is 3.62. The number of fused-ring (bicyclic) bond motifs is 1. The first-order valence-electron chi connectivity index (χ1n) is 8.23. The summed E-state index contributed by atoms with van der Waals surface area (Å²) in [6.45, 7) is 6.54. The van der Waals surface area contributed by atoms with E-state index in [1.807, 2.05) is 11.8 Å². The summed E-state index contributed by atoms with van der Waals surface area (Å²) in [4.78, 5) is 26.3. The summed E-state index contributed by atoms with van der Waals surface area (Å²) in [5.41, 5.74) is 2.67. The molecule has 6 heteroatoms. The average Bonchev–Trinajstić information content (AvgIpc) is 2.81. The second-order valence-corrected chi connectivity index (χ2v) is 6.85. The van der Waals surface area contributed by atoms with Crippen molar-refractivity contribution in [2.75, 3.05) is 18.0 Å². The molecular weight excluding hydrogens is 324 g/mol. The van der Waals surface area contributed by atoms with Crippen LogP contribution < -0.4 is 4.90 Å². The second kappa shape index (κ2) is 5.74. The highest BCUT2D eigenvalue weighted by Gasteiger charge is 2.37. The lowest BCUT2D eigenvalue weighted by molar-refractivity contribution is 0.0704. The minimum Gasteiger partial charge on any atom is -0.356 e. The van der Waals surface area contributed by atoms with Gasteiger partial charge in [0.1, 0.15) is 11.6 Å². The normalized spacial score (nSPS) is 19.2. The molecule has 4 rings (SSSR count). The highest BCUT2D eigenvalue weighted by molar-refractivity contribution is 6.30. The largest absolute Gasteiger partial charge is 0.356 e. The summed E-state index contributed by atoms with van der Waals surface area (Å²) in [7, 11) is 0. The van der Waals surface area contributed by atoms with Crippen molar-refractivity contribution in [1.82, 2.24) is 14.9 Å². The van der Waals surface area contributed by atoms with Gasteiger partial charge in [0.2, 0.25) is 0 Å². The molecule has 0 N–H and O–H groups in total. The predicted octanol–water partition coefficient (Wildman–Crippen LogP) is 3.37. The maximum atomic E-state index is 12.9. The van der Waals surface area contributed by atoms with Crippen molar-refractivity contribution in [1.29, 1.82) is 0 Å². The van der Waals surface area contributed by atoms with Gasteiger partial charge in [0.05, 0.1) is 18.3 Å². The molecule has 3 heterocycles. The van der Waals surface area contributed by atoms with Crippen molar-refractivity contribution in [3.63, 3.8) is 0 Å². The van der Waals surface area contributed by atoms with Crippen molar-refractivity contribution < 1.29 is 4.79 Å². The van der Waals surface area contributed by atoms with Crippen molar-refractivity contribution in [3.05, 3.63) is 51.9 Å². The number of halogens is 1. The molecule has 1 aromatic heterocycles. The van der Waals surface area contributed by atoms with E-state index in [1.54, 1.807) is 24.3 Å². The first-order valence-corrected chi connectivity index (χ1v) is 8.61. The lowest BCUT2D eigenvalue weighted by Gasteiger charge is -2.34. The zero-order chi connectivity index (χ0) is 16.8. The van der Waals surface area contributed by atoms with Crippen LogP contribution in [-0.4, -0.2) is 33.9 Å². The Labute approximate surface area is 146 Å². The van der Waals surface area contributed by atoms with Crippen molar-refractivity contribution in [3.8, 4) is 0 Å². The molecular formula is C18H19ClN4O. The number of rotatable bonds is 2. The Kier molecular flexibility index (Phi) is 3.68. The molecule has 2 aliphatic rings. The second-order valence-electron chi connectivity index (χ2n) is 6.41. The van der Waals surface area contributed by atoms with E-state index in [-0.39, 0.29) is 11.9 Å². The molecule has 2 aliphatic heterocycles. The van der Waals surface area contributed by atoms with E-state index in [9.17, 15) is 4.79 Å². The van der Waals surface area contributed by atoms with E-state index < -0.39 is 0 Å². The fourth-order valence-electron chi connectivity index (χ4n) is 3.43. The molecule has 0 spiro atoms. The number of carbonyl (C=O) groups excluding carboxylic acids is 1. The number of aryl methyl sites for hydroxylation is 1. The predicted molar refractivity (Wildman–Crippen MR) is 93.3 cm³/mol. The van der Waals surface area contributed by atoms with E-state index >= 15 is 0 Å². The van der Waals surface area contributed by atoms with Gasteiger partial charge in [-0.1, -0.05) is 17.7 Å². The fraction of sp³-hybridized carbons (Fsp3) is 0.389. The molecule has 1 aromatic carbocycles. The molecule has 124 valence electrons. The van der Waals surface area contributed by atoms with Gasteiger partial charge in [0.15, 0.2) is 0 Å². The molecule has 0 bridgehead atoms. The van der Waals surface area contributed by atoms with Crippen LogP contribution in [0.25, 0.3) is 0 Å². The van der Waals surface area contributed by atoms with E-state index in [0.29, 0.717) is 17.1 Å². The van der Waals surface area contributed by atoms with Gasteiger partial charge in [0.25, 0.3) is 5.91 Å². The van der Waals surface area contributed by atoms with Gasteiger partial charge in [-0.25, -0.2) is 9.97 Å². The maximum absolute atomic E-state index is 12.9. The van der Waals surface area contributed by atoms with Crippen molar-refractivity contribution in [2.24, 2.45) is 0 Å². The molecule has 0 radical (unpaired) electrons. The highest BCUT2D eigenvalue weighted by atomic mass is 35.5. The molecule has 0 unspecified atom stereocenters. The Hall–Kier alpha value is -2.14. The van der Waals surface area contributed by atoms with E-state index in [0.717, 1.165) is 36.0 Å². The number of amides is 1. The number of aromatic nitrogens is 2. The SMILES string of the molecule is Cc1nc2c(c(N3CCC3)n1)[C@@H](C)N(C(=O)c1cccc(Cl)c1)C2. The van der Waals surface area contributed by atoms with Crippen LogP contribution in [-0.2, 0) is 6.54 Å². The van der Waals surface area contributed by atoms with E-state index in [4.69, 9.17) is 11.6 Å². The third-order valence-corrected chi connectivity index (χ3v) is 5.04. The summed E-state index contributed by atoms with van der Waals surface area (Å²) in [6.07, 6.45) is 1.19. The maximum Gasteiger partial charge on any atom is 0.254 e. The Morgan fingerprint density at radius 3 is 2.75 bits per heavy atom. The van der Waals surface area contributed by atoms with Crippen LogP contribution in [0.4, 0.5) is 5.82 Å². The number of nitrogens with zero attached hydrogens (tertiary/aromatic N) is 4. The smallest absolute Gasteiger partial charge is 0.254 e. The molecule has 0 saturated carbocycles. The van der Waals surface area contributed by atoms with Crippen molar-refractivity contribution in [2.45, 2.75) is 32.9 Å². The summed E-state index contributed by atoms with van der Waals surface area (Å²) in [5, 5.41) is 0.571. The minimum atomic E-state index is -0.0392.